The summed E-state index contributed by atoms with van der Waals surface area (Å²) in [6.07, 6.45) is 3.71. The third-order valence-electron chi connectivity index (χ3n) is 4.98. The average molecular weight is 457 g/mol. The minimum Gasteiger partial charge on any atom is -0.493 e. The summed E-state index contributed by atoms with van der Waals surface area (Å²) >= 11 is 0. The number of amides is 1. The van der Waals surface area contributed by atoms with Gasteiger partial charge in [0.25, 0.3) is 0 Å². The Kier molecular flexibility index (Phi) is 8.01. The highest BCUT2D eigenvalue weighted by atomic mass is 16.7. The highest BCUT2D eigenvalue weighted by Crippen LogP contribution is 2.37. The van der Waals surface area contributed by atoms with Crippen molar-refractivity contribution < 1.29 is 38.0 Å². The first-order valence-corrected chi connectivity index (χ1v) is 10.4. The lowest BCUT2D eigenvalue weighted by atomic mass is 10.00. The molecule has 1 heterocycles. The molecular weight excluding hydrogens is 430 g/mol. The molecule has 1 aliphatic rings. The molecule has 0 atom stereocenters. The summed E-state index contributed by atoms with van der Waals surface area (Å²) in [5.74, 6) is 1.42. The number of alkyl carbamates (subject to hydrolysis) is 1. The molecule has 0 aromatic heterocycles. The van der Waals surface area contributed by atoms with Crippen molar-refractivity contribution in [2.24, 2.45) is 0 Å². The van der Waals surface area contributed by atoms with E-state index in [1.165, 1.54) is 21.3 Å². The van der Waals surface area contributed by atoms with Gasteiger partial charge in [0.2, 0.25) is 6.79 Å². The topological polar surface area (TPSA) is 102 Å². The molecule has 0 unspecified atom stereocenters. The Morgan fingerprint density at radius 1 is 1.03 bits per heavy atom. The largest absolute Gasteiger partial charge is 0.493 e. The number of carbonyl (C=O) groups excluding carboxylic acids is 2. The number of hydrogen-bond acceptors (Lipinski definition) is 8. The van der Waals surface area contributed by atoms with E-state index < -0.39 is 12.1 Å². The molecule has 176 valence electrons. The lowest BCUT2D eigenvalue weighted by Gasteiger charge is -2.14. The number of methoxy groups -OCH3 is 3. The number of benzene rings is 2. The van der Waals surface area contributed by atoms with Gasteiger partial charge in [-0.15, -0.1) is 0 Å². The van der Waals surface area contributed by atoms with Crippen LogP contribution in [0.3, 0.4) is 0 Å². The fourth-order valence-electron chi connectivity index (χ4n) is 3.43. The molecule has 0 aliphatic carbocycles. The van der Waals surface area contributed by atoms with E-state index in [0.29, 0.717) is 42.4 Å². The zero-order valence-electron chi connectivity index (χ0n) is 19.1. The van der Waals surface area contributed by atoms with Gasteiger partial charge in [-0.05, 0) is 48.2 Å². The van der Waals surface area contributed by atoms with Crippen molar-refractivity contribution in [1.82, 2.24) is 5.32 Å². The molecule has 0 fully saturated rings. The Balaban J connectivity index is 1.94. The van der Waals surface area contributed by atoms with Crippen molar-refractivity contribution in [3.8, 4) is 23.0 Å². The highest BCUT2D eigenvalue weighted by molar-refractivity contribution is 5.98. The maximum Gasteiger partial charge on any atom is 0.407 e. The summed E-state index contributed by atoms with van der Waals surface area (Å²) in [4.78, 5) is 24.1. The average Bonchev–Trinajstić information content (AvgIpc) is 3.28. The molecule has 33 heavy (non-hydrogen) atoms. The van der Waals surface area contributed by atoms with Crippen molar-refractivity contribution in [1.29, 1.82) is 0 Å². The third kappa shape index (κ3) is 5.49. The van der Waals surface area contributed by atoms with Gasteiger partial charge < -0.3 is 33.7 Å². The Morgan fingerprint density at radius 3 is 2.42 bits per heavy atom. The minimum atomic E-state index is -0.546. The molecule has 3 rings (SSSR count). The van der Waals surface area contributed by atoms with Crippen LogP contribution in [0.4, 0.5) is 4.79 Å². The Hall–Kier alpha value is -3.88. The lowest BCUT2D eigenvalue weighted by molar-refractivity contribution is 0.0596. The van der Waals surface area contributed by atoms with E-state index in [9.17, 15) is 9.59 Å². The summed E-state index contributed by atoms with van der Waals surface area (Å²) in [5.41, 5.74) is 2.61. The number of carbonyl (C=O) groups is 2. The molecule has 1 aliphatic heterocycles. The molecule has 0 spiro atoms. The summed E-state index contributed by atoms with van der Waals surface area (Å²) < 4.78 is 31.6. The molecule has 2 aromatic rings. The first-order valence-electron chi connectivity index (χ1n) is 10.4. The van der Waals surface area contributed by atoms with Crippen LogP contribution in [0.2, 0.25) is 0 Å². The van der Waals surface area contributed by atoms with Gasteiger partial charge in [0.15, 0.2) is 23.0 Å². The standard InChI is InChI=1S/C24H27NO8/c1-5-31-24(27)25-11-10-17-13-20-19(32-14-33-20)12-16(17)7-6-15-8-9-18(28-2)22(29-3)21(15)23(26)30-4/h6-9,12-13H,5,10-11,14H2,1-4H3,(H,25,27)/b7-6+. The monoisotopic (exact) mass is 457 g/mol. The fourth-order valence-corrected chi connectivity index (χ4v) is 3.43. The number of ether oxygens (including phenoxy) is 6. The first kappa shape index (κ1) is 23.8. The van der Waals surface area contributed by atoms with Crippen molar-refractivity contribution in [3.63, 3.8) is 0 Å². The summed E-state index contributed by atoms with van der Waals surface area (Å²) in [6, 6.07) is 7.20. The molecule has 0 saturated carbocycles. The van der Waals surface area contributed by atoms with Crippen LogP contribution in [0.5, 0.6) is 23.0 Å². The predicted molar refractivity (Wildman–Crippen MR) is 121 cm³/mol. The van der Waals surface area contributed by atoms with Gasteiger partial charge in [-0.25, -0.2) is 9.59 Å². The second kappa shape index (κ2) is 11.1. The fraction of sp³-hybridized carbons (Fsp3) is 0.333. The van der Waals surface area contributed by atoms with Gasteiger partial charge in [0.1, 0.15) is 5.56 Å². The smallest absolute Gasteiger partial charge is 0.407 e. The van der Waals surface area contributed by atoms with Gasteiger partial charge in [-0.2, -0.15) is 0 Å². The maximum atomic E-state index is 12.5. The summed E-state index contributed by atoms with van der Waals surface area (Å²) in [7, 11) is 4.27. The van der Waals surface area contributed by atoms with Crippen LogP contribution in [0.1, 0.15) is 34.0 Å². The van der Waals surface area contributed by atoms with Crippen LogP contribution in [-0.2, 0) is 15.9 Å². The lowest BCUT2D eigenvalue weighted by Crippen LogP contribution is -2.26. The second-order valence-electron chi connectivity index (χ2n) is 6.89. The van der Waals surface area contributed by atoms with Crippen molar-refractivity contribution in [2.75, 3.05) is 41.3 Å². The molecule has 2 aromatic carbocycles. The highest BCUT2D eigenvalue weighted by Gasteiger charge is 2.21. The molecular formula is C24H27NO8. The number of fused-ring (bicyclic) bond motifs is 1. The van der Waals surface area contributed by atoms with Crippen LogP contribution in [0.25, 0.3) is 12.2 Å². The van der Waals surface area contributed by atoms with Gasteiger partial charge >= 0.3 is 12.1 Å². The molecule has 1 amide bonds. The first-order chi connectivity index (χ1) is 16.0. The van der Waals surface area contributed by atoms with Gasteiger partial charge in [0, 0.05) is 6.54 Å². The van der Waals surface area contributed by atoms with Crippen LogP contribution in [-0.4, -0.2) is 53.3 Å². The Labute approximate surface area is 192 Å². The second-order valence-corrected chi connectivity index (χ2v) is 6.89. The molecule has 1 N–H and O–H groups in total. The quantitative estimate of drug-likeness (QED) is 0.450. The summed E-state index contributed by atoms with van der Waals surface area (Å²) in [5, 5.41) is 2.71. The normalized spacial score (nSPS) is 11.9. The summed E-state index contributed by atoms with van der Waals surface area (Å²) in [6.45, 7) is 2.57. The molecule has 9 nitrogen and oxygen atoms in total. The van der Waals surface area contributed by atoms with Gasteiger partial charge in [0.05, 0.1) is 27.9 Å². The third-order valence-corrected chi connectivity index (χ3v) is 4.98. The predicted octanol–water partition coefficient (Wildman–Crippen LogP) is 3.68. The van der Waals surface area contributed by atoms with E-state index in [1.807, 2.05) is 18.2 Å². The van der Waals surface area contributed by atoms with E-state index in [1.54, 1.807) is 25.1 Å². The zero-order chi connectivity index (χ0) is 23.8. The number of nitrogens with one attached hydrogen (secondary N) is 1. The molecule has 0 saturated heterocycles. The van der Waals surface area contributed by atoms with E-state index in [4.69, 9.17) is 28.4 Å². The number of rotatable bonds is 9. The van der Waals surface area contributed by atoms with Crippen LogP contribution in [0.15, 0.2) is 24.3 Å². The molecule has 0 bridgehead atoms. The maximum absolute atomic E-state index is 12.5. The zero-order valence-corrected chi connectivity index (χ0v) is 19.1. The number of hydrogen-bond donors (Lipinski definition) is 1. The molecule has 0 radical (unpaired) electrons. The van der Waals surface area contributed by atoms with E-state index in [0.717, 1.165) is 11.1 Å². The van der Waals surface area contributed by atoms with Gasteiger partial charge in [-0.1, -0.05) is 18.2 Å². The van der Waals surface area contributed by atoms with Gasteiger partial charge in [-0.3, -0.25) is 0 Å². The molecule has 9 heteroatoms. The van der Waals surface area contributed by atoms with Crippen molar-refractivity contribution >= 4 is 24.2 Å². The van der Waals surface area contributed by atoms with Crippen LogP contribution < -0.4 is 24.3 Å². The van der Waals surface area contributed by atoms with Crippen molar-refractivity contribution in [3.05, 3.63) is 46.5 Å². The van der Waals surface area contributed by atoms with Crippen LogP contribution >= 0.6 is 0 Å². The SMILES string of the molecule is CCOC(=O)NCCc1cc2c(cc1/C=C/c1ccc(OC)c(OC)c1C(=O)OC)OCO2. The van der Waals surface area contributed by atoms with Crippen molar-refractivity contribution in [2.45, 2.75) is 13.3 Å². The minimum absolute atomic E-state index is 0.144. The van der Waals surface area contributed by atoms with Crippen LogP contribution in [0, 0.1) is 0 Å². The number of esters is 1. The Morgan fingerprint density at radius 2 is 1.76 bits per heavy atom. The van der Waals surface area contributed by atoms with E-state index in [-0.39, 0.29) is 18.1 Å². The van der Waals surface area contributed by atoms with E-state index in [2.05, 4.69) is 5.32 Å². The Bertz CT molecular complexity index is 1050. The van der Waals surface area contributed by atoms with E-state index >= 15 is 0 Å².